The molecule has 0 saturated carbocycles. The summed E-state index contributed by atoms with van der Waals surface area (Å²) in [4.78, 5) is 2.35. The van der Waals surface area contributed by atoms with Gasteiger partial charge in [-0.2, -0.15) is 0 Å². The summed E-state index contributed by atoms with van der Waals surface area (Å²) in [6, 6.07) is 29.4. The lowest BCUT2D eigenvalue weighted by Gasteiger charge is -2.37. The van der Waals surface area contributed by atoms with Gasteiger partial charge in [-0.3, -0.25) is 0 Å². The predicted octanol–water partition coefficient (Wildman–Crippen LogP) is 6.16. The molecule has 5 nitrogen and oxygen atoms in total. The SMILES string of the molecule is O=S(=O)(NC1Cc2cc(-c3ccc(OC(F)(F)F)cc3)ccc2N(Cc2ccccc2)C1)c1ccccc1. The van der Waals surface area contributed by atoms with Crippen molar-refractivity contribution < 1.29 is 26.3 Å². The van der Waals surface area contributed by atoms with Crippen molar-refractivity contribution in [2.24, 2.45) is 0 Å². The van der Waals surface area contributed by atoms with Crippen LogP contribution < -0.4 is 14.4 Å². The Morgan fingerprint density at radius 2 is 1.47 bits per heavy atom. The molecule has 0 bridgehead atoms. The average molecular weight is 539 g/mol. The molecule has 0 fully saturated rings. The van der Waals surface area contributed by atoms with Gasteiger partial charge in [-0.15, -0.1) is 13.2 Å². The van der Waals surface area contributed by atoms with Crippen molar-refractivity contribution in [2.75, 3.05) is 11.4 Å². The van der Waals surface area contributed by atoms with E-state index in [1.807, 2.05) is 48.5 Å². The zero-order valence-electron chi connectivity index (χ0n) is 20.2. The number of halogens is 3. The second-order valence-corrected chi connectivity index (χ2v) is 10.8. The fourth-order valence-electron chi connectivity index (χ4n) is 4.70. The molecular weight excluding hydrogens is 513 g/mol. The van der Waals surface area contributed by atoms with Crippen molar-refractivity contribution in [3.63, 3.8) is 0 Å². The van der Waals surface area contributed by atoms with E-state index in [0.717, 1.165) is 27.9 Å². The quantitative estimate of drug-likeness (QED) is 0.306. The zero-order valence-corrected chi connectivity index (χ0v) is 21.0. The Labute approximate surface area is 219 Å². The number of fused-ring (bicyclic) bond motifs is 1. The predicted molar refractivity (Wildman–Crippen MR) is 140 cm³/mol. The largest absolute Gasteiger partial charge is 0.573 e. The standard InChI is InChI=1S/C29H25F3N2O3S/c30-29(31,32)37-26-14-11-22(12-15-26)23-13-16-28-24(17-23)18-25(20-34(28)19-21-7-3-1-4-8-21)33-38(35,36)27-9-5-2-6-10-27/h1-17,25,33H,18-20H2. The zero-order chi connectivity index (χ0) is 26.8. The summed E-state index contributed by atoms with van der Waals surface area (Å²) in [5.74, 6) is -0.288. The lowest BCUT2D eigenvalue weighted by atomic mass is 9.93. The monoisotopic (exact) mass is 538 g/mol. The van der Waals surface area contributed by atoms with Crippen LogP contribution in [0.1, 0.15) is 11.1 Å². The van der Waals surface area contributed by atoms with Gasteiger partial charge >= 0.3 is 6.36 Å². The van der Waals surface area contributed by atoms with E-state index in [1.54, 1.807) is 42.5 Å². The third-order valence-corrected chi connectivity index (χ3v) is 7.88. The van der Waals surface area contributed by atoms with Crippen LogP contribution in [0.2, 0.25) is 0 Å². The number of ether oxygens (including phenoxy) is 1. The number of nitrogens with one attached hydrogen (secondary N) is 1. The average Bonchev–Trinajstić information content (AvgIpc) is 2.89. The molecule has 196 valence electrons. The van der Waals surface area contributed by atoms with Crippen molar-refractivity contribution in [3.05, 3.63) is 114 Å². The van der Waals surface area contributed by atoms with Crippen LogP contribution in [0.4, 0.5) is 18.9 Å². The van der Waals surface area contributed by atoms with Gasteiger partial charge < -0.3 is 9.64 Å². The summed E-state index contributed by atoms with van der Waals surface area (Å²) in [5, 5.41) is 0. The molecule has 1 N–H and O–H groups in total. The number of sulfonamides is 1. The van der Waals surface area contributed by atoms with Gasteiger partial charge in [-0.05, 0) is 65.1 Å². The summed E-state index contributed by atoms with van der Waals surface area (Å²) in [7, 11) is -3.72. The van der Waals surface area contributed by atoms with Gasteiger partial charge in [-0.1, -0.05) is 66.7 Å². The van der Waals surface area contributed by atoms with Crippen LogP contribution >= 0.6 is 0 Å². The summed E-state index contributed by atoms with van der Waals surface area (Å²) < 4.78 is 70.6. The molecule has 9 heteroatoms. The smallest absolute Gasteiger partial charge is 0.406 e. The molecule has 4 aromatic carbocycles. The normalized spacial score (nSPS) is 15.7. The number of hydrogen-bond acceptors (Lipinski definition) is 4. The van der Waals surface area contributed by atoms with Gasteiger partial charge in [0.15, 0.2) is 0 Å². The number of nitrogens with zero attached hydrogens (tertiary/aromatic N) is 1. The maximum Gasteiger partial charge on any atom is 0.573 e. The van der Waals surface area contributed by atoms with Crippen molar-refractivity contribution in [2.45, 2.75) is 30.3 Å². The Hall–Kier alpha value is -3.82. The van der Waals surface area contributed by atoms with Gasteiger partial charge in [-0.25, -0.2) is 13.1 Å². The summed E-state index contributed by atoms with van der Waals surface area (Å²) in [5.41, 5.74) is 4.57. The second kappa shape index (κ2) is 10.5. The lowest BCUT2D eigenvalue weighted by Crippen LogP contribution is -2.48. The molecule has 0 aromatic heterocycles. The Bertz CT molecular complexity index is 1490. The van der Waals surface area contributed by atoms with Gasteiger partial charge in [0.25, 0.3) is 0 Å². The van der Waals surface area contributed by atoms with Gasteiger partial charge in [0.2, 0.25) is 10.0 Å². The maximum absolute atomic E-state index is 13.1. The summed E-state index contributed by atoms with van der Waals surface area (Å²) in [6.07, 6.45) is -4.28. The van der Waals surface area contributed by atoms with Gasteiger partial charge in [0.1, 0.15) is 5.75 Å². The van der Waals surface area contributed by atoms with Gasteiger partial charge in [0.05, 0.1) is 4.90 Å². The van der Waals surface area contributed by atoms with E-state index in [1.165, 1.54) is 12.1 Å². The van der Waals surface area contributed by atoms with E-state index in [9.17, 15) is 21.6 Å². The van der Waals surface area contributed by atoms with Crippen LogP contribution in [0.3, 0.4) is 0 Å². The number of alkyl halides is 3. The number of anilines is 1. The summed E-state index contributed by atoms with van der Waals surface area (Å²) >= 11 is 0. The van der Waals surface area contributed by atoms with Crippen LogP contribution in [-0.4, -0.2) is 27.4 Å². The molecule has 0 saturated heterocycles. The Morgan fingerprint density at radius 3 is 2.13 bits per heavy atom. The second-order valence-electron chi connectivity index (χ2n) is 9.12. The first-order valence-corrected chi connectivity index (χ1v) is 13.5. The van der Waals surface area contributed by atoms with E-state index in [2.05, 4.69) is 14.4 Å². The minimum atomic E-state index is -4.75. The van der Waals surface area contributed by atoms with Crippen LogP contribution in [0, 0.1) is 0 Å². The Balaban J connectivity index is 1.44. The fourth-order valence-corrected chi connectivity index (χ4v) is 5.95. The molecule has 1 aliphatic heterocycles. The third kappa shape index (κ3) is 6.17. The maximum atomic E-state index is 13.1. The van der Waals surface area contributed by atoms with Crippen LogP contribution in [0.15, 0.2) is 108 Å². The molecule has 0 spiro atoms. The van der Waals surface area contributed by atoms with Gasteiger partial charge in [0, 0.05) is 24.8 Å². The van der Waals surface area contributed by atoms with Crippen molar-refractivity contribution in [1.29, 1.82) is 0 Å². The first kappa shape index (κ1) is 25.8. The Kier molecular flexibility index (Phi) is 7.14. The van der Waals surface area contributed by atoms with Crippen molar-refractivity contribution in [1.82, 2.24) is 4.72 Å². The van der Waals surface area contributed by atoms with Crippen molar-refractivity contribution >= 4 is 15.7 Å². The highest BCUT2D eigenvalue weighted by molar-refractivity contribution is 7.89. The number of rotatable bonds is 7. The lowest BCUT2D eigenvalue weighted by molar-refractivity contribution is -0.274. The highest BCUT2D eigenvalue weighted by Gasteiger charge is 2.31. The molecule has 1 heterocycles. The van der Waals surface area contributed by atoms with E-state index < -0.39 is 16.4 Å². The van der Waals surface area contributed by atoms with E-state index >= 15 is 0 Å². The third-order valence-electron chi connectivity index (χ3n) is 6.34. The van der Waals surface area contributed by atoms with Crippen LogP contribution in [0.25, 0.3) is 11.1 Å². The fraction of sp³-hybridized carbons (Fsp3) is 0.172. The van der Waals surface area contributed by atoms with E-state index in [0.29, 0.717) is 19.5 Å². The molecular formula is C29H25F3N2O3S. The molecule has 4 aromatic rings. The van der Waals surface area contributed by atoms with E-state index in [4.69, 9.17) is 0 Å². The molecule has 1 unspecified atom stereocenters. The van der Waals surface area contributed by atoms with Crippen molar-refractivity contribution in [3.8, 4) is 16.9 Å². The van der Waals surface area contributed by atoms with Crippen LogP contribution in [-0.2, 0) is 23.0 Å². The highest BCUT2D eigenvalue weighted by atomic mass is 32.2. The van der Waals surface area contributed by atoms with E-state index in [-0.39, 0.29) is 16.7 Å². The number of hydrogen-bond donors (Lipinski definition) is 1. The molecule has 1 atom stereocenters. The minimum absolute atomic E-state index is 0.204. The van der Waals surface area contributed by atoms with Crippen LogP contribution in [0.5, 0.6) is 5.75 Å². The first-order valence-electron chi connectivity index (χ1n) is 12.0. The molecule has 0 radical (unpaired) electrons. The minimum Gasteiger partial charge on any atom is -0.406 e. The molecule has 1 aliphatic rings. The molecule has 38 heavy (non-hydrogen) atoms. The number of benzene rings is 4. The highest BCUT2D eigenvalue weighted by Crippen LogP contribution is 2.34. The first-order chi connectivity index (χ1) is 18.2. The molecule has 0 amide bonds. The summed E-state index contributed by atoms with van der Waals surface area (Å²) in [6.45, 7) is 1.08. The topological polar surface area (TPSA) is 58.6 Å². The Morgan fingerprint density at radius 1 is 0.842 bits per heavy atom. The molecule has 5 rings (SSSR count). The molecule has 0 aliphatic carbocycles.